The Kier molecular flexibility index (Phi) is 12.0. The Bertz CT molecular complexity index is 1030. The SMILES string of the molecule is CC(=O)O.CC(=O)O.Cc1ccc2c(c1)c(CNC(=O)[C@@H]1CC[C@H](N)CN(C3CCOCC3)C1)nn2C. The lowest BCUT2D eigenvalue weighted by Gasteiger charge is -2.35. The summed E-state index contributed by atoms with van der Waals surface area (Å²) in [7, 11) is 1.95. The number of hydrogen-bond acceptors (Lipinski definition) is 7. The van der Waals surface area contributed by atoms with E-state index in [-0.39, 0.29) is 17.9 Å². The standard InChI is InChI=1S/C22H33N5O2.2C2H4O2/c1-15-3-6-21-19(11-15)20(25-26(21)2)12-24-22(28)16-4-5-17(23)14-27(13-16)18-7-9-29-10-8-18;2*1-2(3)4/h3,6,11,16-18H,4-5,7-10,12-14,23H2,1-2H3,(H,24,28);2*1H3,(H,3,4)/t16-,17+;;/m1../s1. The van der Waals surface area contributed by atoms with Crippen molar-refractivity contribution in [2.75, 3.05) is 26.3 Å². The molecular formula is C26H41N5O6. The molecule has 2 aliphatic heterocycles. The normalized spacial score (nSPS) is 20.6. The second-order valence-electron chi connectivity index (χ2n) is 9.68. The number of hydrogen-bond donors (Lipinski definition) is 4. The maximum Gasteiger partial charge on any atom is 0.300 e. The number of rotatable bonds is 4. The number of nitrogens with zero attached hydrogens (tertiary/aromatic N) is 3. The first-order valence-electron chi connectivity index (χ1n) is 12.6. The van der Waals surface area contributed by atoms with Crippen LogP contribution in [0.2, 0.25) is 0 Å². The van der Waals surface area contributed by atoms with E-state index in [0.29, 0.717) is 12.6 Å². The van der Waals surface area contributed by atoms with Gasteiger partial charge in [0.05, 0.1) is 23.7 Å². The summed E-state index contributed by atoms with van der Waals surface area (Å²) in [5, 5.41) is 23.7. The van der Waals surface area contributed by atoms with E-state index >= 15 is 0 Å². The fourth-order valence-corrected chi connectivity index (χ4v) is 4.72. The van der Waals surface area contributed by atoms with E-state index in [2.05, 4.69) is 40.4 Å². The van der Waals surface area contributed by atoms with Gasteiger partial charge < -0.3 is 26.0 Å². The van der Waals surface area contributed by atoms with Crippen LogP contribution in [0.25, 0.3) is 10.9 Å². The van der Waals surface area contributed by atoms with Gasteiger partial charge in [0.1, 0.15) is 0 Å². The summed E-state index contributed by atoms with van der Waals surface area (Å²) in [5.74, 6) is -1.58. The zero-order valence-electron chi connectivity index (χ0n) is 22.3. The maximum atomic E-state index is 13.0. The van der Waals surface area contributed by atoms with Crippen LogP contribution in [0.3, 0.4) is 0 Å². The lowest BCUT2D eigenvalue weighted by molar-refractivity contribution is -0.135. The van der Waals surface area contributed by atoms with Crippen LogP contribution in [0.5, 0.6) is 0 Å². The minimum atomic E-state index is -0.833. The Morgan fingerprint density at radius 2 is 1.70 bits per heavy atom. The summed E-state index contributed by atoms with van der Waals surface area (Å²) in [5.41, 5.74) is 9.53. The first-order valence-corrected chi connectivity index (χ1v) is 12.6. The molecule has 11 nitrogen and oxygen atoms in total. The zero-order chi connectivity index (χ0) is 27.5. The number of aliphatic carboxylic acids is 2. The number of nitrogens with two attached hydrogens (primary N) is 1. The highest BCUT2D eigenvalue weighted by Gasteiger charge is 2.31. The average Bonchev–Trinajstić information content (AvgIpc) is 2.99. The van der Waals surface area contributed by atoms with E-state index in [1.54, 1.807) is 0 Å². The quantitative estimate of drug-likeness (QED) is 0.473. The van der Waals surface area contributed by atoms with Crippen molar-refractivity contribution in [1.82, 2.24) is 20.0 Å². The highest BCUT2D eigenvalue weighted by Crippen LogP contribution is 2.23. The van der Waals surface area contributed by atoms with E-state index in [4.69, 9.17) is 30.3 Å². The Morgan fingerprint density at radius 1 is 1.08 bits per heavy atom. The number of nitrogens with one attached hydrogen (secondary N) is 1. The molecule has 2 atom stereocenters. The van der Waals surface area contributed by atoms with Gasteiger partial charge in [-0.15, -0.1) is 0 Å². The van der Waals surface area contributed by atoms with E-state index in [1.807, 2.05) is 11.7 Å². The molecule has 1 aromatic heterocycles. The van der Waals surface area contributed by atoms with Crippen LogP contribution in [0.4, 0.5) is 0 Å². The number of aryl methyl sites for hydroxylation is 2. The minimum Gasteiger partial charge on any atom is -0.481 e. The third kappa shape index (κ3) is 10.1. The lowest BCUT2D eigenvalue weighted by atomic mass is 10.0. The van der Waals surface area contributed by atoms with Gasteiger partial charge >= 0.3 is 0 Å². The highest BCUT2D eigenvalue weighted by atomic mass is 16.5. The van der Waals surface area contributed by atoms with Gasteiger partial charge in [-0.1, -0.05) is 11.6 Å². The van der Waals surface area contributed by atoms with E-state index in [0.717, 1.165) is 82.4 Å². The molecule has 0 spiro atoms. The van der Waals surface area contributed by atoms with Crippen LogP contribution in [-0.2, 0) is 32.7 Å². The maximum absolute atomic E-state index is 13.0. The van der Waals surface area contributed by atoms with Crippen LogP contribution in [-0.4, -0.2) is 81.1 Å². The number of fused-ring (bicyclic) bond motifs is 1. The number of benzene rings is 1. The summed E-state index contributed by atoms with van der Waals surface area (Å²) < 4.78 is 7.39. The number of carboxylic acid groups (broad SMARTS) is 2. The minimum absolute atomic E-state index is 0.0249. The number of amides is 1. The van der Waals surface area contributed by atoms with Crippen LogP contribution < -0.4 is 11.1 Å². The number of ether oxygens (including phenoxy) is 1. The van der Waals surface area contributed by atoms with E-state index in [1.165, 1.54) is 5.56 Å². The van der Waals surface area contributed by atoms with Crippen molar-refractivity contribution >= 4 is 28.7 Å². The third-order valence-electron chi connectivity index (χ3n) is 6.40. The summed E-state index contributed by atoms with van der Waals surface area (Å²) in [6, 6.07) is 6.93. The first-order chi connectivity index (χ1) is 17.5. The van der Waals surface area contributed by atoms with Gasteiger partial charge in [-0.05, 0) is 44.7 Å². The van der Waals surface area contributed by atoms with Gasteiger partial charge in [-0.3, -0.25) is 24.0 Å². The number of likely N-dealkylation sites (tertiary alicyclic amines) is 1. The monoisotopic (exact) mass is 519 g/mol. The largest absolute Gasteiger partial charge is 0.481 e. The second kappa shape index (κ2) is 14.7. The molecule has 0 saturated carbocycles. The van der Waals surface area contributed by atoms with Crippen LogP contribution >= 0.6 is 0 Å². The van der Waals surface area contributed by atoms with Gasteiger partial charge in [0.2, 0.25) is 5.91 Å². The Labute approximate surface area is 217 Å². The molecule has 2 aromatic rings. The smallest absolute Gasteiger partial charge is 0.300 e. The second-order valence-corrected chi connectivity index (χ2v) is 9.68. The molecule has 0 unspecified atom stereocenters. The molecule has 3 heterocycles. The molecule has 2 saturated heterocycles. The summed E-state index contributed by atoms with van der Waals surface area (Å²) in [6.07, 6.45) is 3.79. The van der Waals surface area contributed by atoms with Crippen molar-refractivity contribution in [2.24, 2.45) is 18.7 Å². The molecule has 0 bridgehead atoms. The molecule has 4 rings (SSSR count). The molecule has 2 aliphatic rings. The lowest BCUT2D eigenvalue weighted by Crippen LogP contribution is -2.47. The van der Waals surface area contributed by atoms with Gasteiger partial charge in [-0.2, -0.15) is 5.10 Å². The molecule has 37 heavy (non-hydrogen) atoms. The fourth-order valence-electron chi connectivity index (χ4n) is 4.72. The Balaban J connectivity index is 0.000000530. The fraction of sp³-hybridized carbons (Fsp3) is 0.615. The van der Waals surface area contributed by atoms with Gasteiger partial charge in [0.25, 0.3) is 11.9 Å². The number of carbonyl (C=O) groups excluding carboxylic acids is 1. The predicted molar refractivity (Wildman–Crippen MR) is 140 cm³/mol. The topological polar surface area (TPSA) is 160 Å². The zero-order valence-corrected chi connectivity index (χ0v) is 22.3. The first kappa shape index (κ1) is 30.2. The summed E-state index contributed by atoms with van der Waals surface area (Å²) >= 11 is 0. The van der Waals surface area contributed by atoms with Gasteiger partial charge in [0.15, 0.2) is 0 Å². The molecule has 206 valence electrons. The van der Waals surface area contributed by atoms with E-state index in [9.17, 15) is 4.79 Å². The number of carboxylic acids is 2. The molecule has 1 amide bonds. The van der Waals surface area contributed by atoms with E-state index < -0.39 is 11.9 Å². The van der Waals surface area contributed by atoms with Crippen molar-refractivity contribution in [3.8, 4) is 0 Å². The predicted octanol–water partition coefficient (Wildman–Crippen LogP) is 1.90. The Hall–Kier alpha value is -3.02. The number of carbonyl (C=O) groups is 3. The van der Waals surface area contributed by atoms with Crippen molar-refractivity contribution in [3.05, 3.63) is 29.5 Å². The Morgan fingerprint density at radius 3 is 2.32 bits per heavy atom. The molecule has 0 radical (unpaired) electrons. The van der Waals surface area contributed by atoms with Crippen molar-refractivity contribution < 1.29 is 29.3 Å². The average molecular weight is 520 g/mol. The van der Waals surface area contributed by atoms with Gasteiger partial charge in [0, 0.05) is 64.7 Å². The highest BCUT2D eigenvalue weighted by molar-refractivity contribution is 5.84. The summed E-state index contributed by atoms with van der Waals surface area (Å²) in [6.45, 7) is 7.97. The molecular weight excluding hydrogens is 478 g/mol. The van der Waals surface area contributed by atoms with Crippen molar-refractivity contribution in [2.45, 2.75) is 65.1 Å². The van der Waals surface area contributed by atoms with Crippen LogP contribution in [0.15, 0.2) is 18.2 Å². The molecule has 2 fully saturated rings. The van der Waals surface area contributed by atoms with Crippen molar-refractivity contribution in [1.29, 1.82) is 0 Å². The third-order valence-corrected chi connectivity index (χ3v) is 6.40. The molecule has 0 aliphatic carbocycles. The van der Waals surface area contributed by atoms with Crippen LogP contribution in [0, 0.1) is 12.8 Å². The van der Waals surface area contributed by atoms with Crippen molar-refractivity contribution in [3.63, 3.8) is 0 Å². The van der Waals surface area contributed by atoms with Crippen LogP contribution in [0.1, 0.15) is 50.8 Å². The number of aromatic nitrogens is 2. The summed E-state index contributed by atoms with van der Waals surface area (Å²) in [4.78, 5) is 33.5. The molecule has 5 N–H and O–H groups in total. The molecule has 1 aromatic carbocycles. The van der Waals surface area contributed by atoms with Gasteiger partial charge in [-0.25, -0.2) is 0 Å². The molecule has 11 heteroatoms.